The zero-order chi connectivity index (χ0) is 25.5. The Morgan fingerprint density at radius 2 is 1.54 bits per heavy atom. The number of halogens is 2. The van der Waals surface area contributed by atoms with Crippen molar-refractivity contribution in [1.82, 2.24) is 25.3 Å². The highest BCUT2D eigenvalue weighted by molar-refractivity contribution is 5.97. The van der Waals surface area contributed by atoms with Crippen LogP contribution in [0, 0.1) is 11.6 Å². The molecule has 0 aliphatic carbocycles. The Morgan fingerprint density at radius 1 is 0.838 bits per heavy atom. The van der Waals surface area contributed by atoms with Gasteiger partial charge in [0.25, 0.3) is 0 Å². The molecule has 1 saturated heterocycles. The van der Waals surface area contributed by atoms with E-state index < -0.39 is 11.6 Å². The second kappa shape index (κ2) is 9.48. The molecule has 9 heteroatoms. The molecule has 7 nitrogen and oxygen atoms in total. The molecule has 3 N–H and O–H groups in total. The number of H-pyrrole nitrogens is 2. The second-order valence-electron chi connectivity index (χ2n) is 10.0. The first-order valence-electron chi connectivity index (χ1n) is 12.5. The number of aromatic amines is 2. The number of nitrogens with zero attached hydrogens (tertiary/aromatic N) is 4. The SMILES string of the molecule is CN(C)C1CCN(c2ccc3c(Nc4n[nH]c5ccc(Cc6cc(F)cc(F)c6)cc45)n[nH]c3c2)CC1. The molecule has 0 amide bonds. The molecular weight excluding hydrogens is 472 g/mol. The summed E-state index contributed by atoms with van der Waals surface area (Å²) < 4.78 is 27.3. The minimum absolute atomic E-state index is 0.412. The third kappa shape index (κ3) is 4.74. The Kier molecular flexibility index (Phi) is 6.00. The maximum Gasteiger partial charge on any atom is 0.161 e. The van der Waals surface area contributed by atoms with Gasteiger partial charge in [0, 0.05) is 41.7 Å². The largest absolute Gasteiger partial charge is 0.371 e. The van der Waals surface area contributed by atoms with Gasteiger partial charge in [0.15, 0.2) is 11.6 Å². The highest BCUT2D eigenvalue weighted by Crippen LogP contribution is 2.31. The lowest BCUT2D eigenvalue weighted by atomic mass is 10.0. The molecule has 3 heterocycles. The molecule has 0 saturated carbocycles. The minimum Gasteiger partial charge on any atom is -0.371 e. The summed E-state index contributed by atoms with van der Waals surface area (Å²) >= 11 is 0. The van der Waals surface area contributed by atoms with Crippen molar-refractivity contribution < 1.29 is 8.78 Å². The Bertz CT molecular complexity index is 1540. The highest BCUT2D eigenvalue weighted by Gasteiger charge is 2.21. The topological polar surface area (TPSA) is 75.9 Å². The molecule has 1 aliphatic rings. The van der Waals surface area contributed by atoms with Crippen LogP contribution in [0.15, 0.2) is 54.6 Å². The quantitative estimate of drug-likeness (QED) is 0.283. The van der Waals surface area contributed by atoms with Gasteiger partial charge in [-0.25, -0.2) is 8.78 Å². The van der Waals surface area contributed by atoms with Crippen LogP contribution in [-0.2, 0) is 6.42 Å². The number of rotatable bonds is 6. The average Bonchev–Trinajstić information content (AvgIpc) is 3.47. The third-order valence-corrected chi connectivity index (χ3v) is 7.30. The molecule has 3 aromatic carbocycles. The standard InChI is InChI=1S/C28H29F2N7/c1-36(2)21-7-9-37(10-8-21)22-4-5-23-26(16-22)33-34-27(23)31-28-24-14-17(3-6-25(24)32-35-28)11-18-12-19(29)15-20(30)13-18/h3-6,12-16,21H,7-11H2,1-2H3,(H3,31,32,33,34,35). The first-order chi connectivity index (χ1) is 17.9. The van der Waals surface area contributed by atoms with Crippen LogP contribution in [0.5, 0.6) is 0 Å². The van der Waals surface area contributed by atoms with Crippen LogP contribution in [0.3, 0.4) is 0 Å². The van der Waals surface area contributed by atoms with E-state index in [1.54, 1.807) is 0 Å². The number of anilines is 3. The Morgan fingerprint density at radius 3 is 2.27 bits per heavy atom. The van der Waals surface area contributed by atoms with Crippen molar-refractivity contribution in [1.29, 1.82) is 0 Å². The van der Waals surface area contributed by atoms with Crippen LogP contribution in [0.2, 0.25) is 0 Å². The van der Waals surface area contributed by atoms with Gasteiger partial charge in [-0.05, 0) is 86.9 Å². The van der Waals surface area contributed by atoms with Crippen LogP contribution in [0.4, 0.5) is 26.1 Å². The first-order valence-corrected chi connectivity index (χ1v) is 12.5. The molecule has 0 unspecified atom stereocenters. The fraction of sp³-hybridized carbons (Fsp3) is 0.286. The second-order valence-corrected chi connectivity index (χ2v) is 10.0. The molecule has 2 aromatic heterocycles. The molecule has 190 valence electrons. The molecule has 0 atom stereocenters. The Hall–Kier alpha value is -3.98. The summed E-state index contributed by atoms with van der Waals surface area (Å²) in [5.41, 5.74) is 4.53. The van der Waals surface area contributed by atoms with Crippen molar-refractivity contribution in [2.24, 2.45) is 0 Å². The Labute approximate surface area is 213 Å². The summed E-state index contributed by atoms with van der Waals surface area (Å²) in [6.45, 7) is 2.08. The smallest absolute Gasteiger partial charge is 0.161 e. The van der Waals surface area contributed by atoms with E-state index >= 15 is 0 Å². The number of nitrogens with one attached hydrogen (secondary N) is 3. The number of hydrogen-bond acceptors (Lipinski definition) is 5. The van der Waals surface area contributed by atoms with Gasteiger partial charge in [0.05, 0.1) is 11.0 Å². The van der Waals surface area contributed by atoms with E-state index in [-0.39, 0.29) is 0 Å². The van der Waals surface area contributed by atoms with Crippen molar-refractivity contribution in [2.75, 3.05) is 37.4 Å². The minimum atomic E-state index is -0.576. The van der Waals surface area contributed by atoms with E-state index in [0.717, 1.165) is 59.4 Å². The molecule has 0 spiro atoms. The molecule has 5 aromatic rings. The van der Waals surface area contributed by atoms with E-state index in [2.05, 4.69) is 67.8 Å². The van der Waals surface area contributed by atoms with Gasteiger partial charge in [-0.2, -0.15) is 10.2 Å². The van der Waals surface area contributed by atoms with Gasteiger partial charge in [0.2, 0.25) is 0 Å². The lowest BCUT2D eigenvalue weighted by Gasteiger charge is -2.36. The maximum atomic E-state index is 13.6. The van der Waals surface area contributed by atoms with Crippen LogP contribution < -0.4 is 10.2 Å². The molecule has 6 rings (SSSR count). The maximum absolute atomic E-state index is 13.6. The van der Waals surface area contributed by atoms with E-state index in [9.17, 15) is 8.78 Å². The van der Waals surface area contributed by atoms with Crippen molar-refractivity contribution >= 4 is 39.1 Å². The van der Waals surface area contributed by atoms with Gasteiger partial charge in [-0.15, -0.1) is 0 Å². The third-order valence-electron chi connectivity index (χ3n) is 7.30. The van der Waals surface area contributed by atoms with E-state index in [1.807, 2.05) is 18.2 Å². The Balaban J connectivity index is 1.22. The summed E-state index contributed by atoms with van der Waals surface area (Å²) in [6, 6.07) is 16.5. The molecule has 1 fully saturated rings. The lowest BCUT2D eigenvalue weighted by Crippen LogP contribution is -2.41. The van der Waals surface area contributed by atoms with Crippen LogP contribution in [-0.4, -0.2) is 58.5 Å². The zero-order valence-electron chi connectivity index (χ0n) is 20.9. The summed E-state index contributed by atoms with van der Waals surface area (Å²) in [4.78, 5) is 4.75. The summed E-state index contributed by atoms with van der Waals surface area (Å²) in [5.74, 6) is 0.186. The van der Waals surface area contributed by atoms with Crippen LogP contribution in [0.25, 0.3) is 21.8 Å². The monoisotopic (exact) mass is 501 g/mol. The normalized spacial score (nSPS) is 14.8. The van der Waals surface area contributed by atoms with Gasteiger partial charge >= 0.3 is 0 Å². The lowest BCUT2D eigenvalue weighted by molar-refractivity contribution is 0.249. The van der Waals surface area contributed by atoms with E-state index in [0.29, 0.717) is 29.7 Å². The zero-order valence-corrected chi connectivity index (χ0v) is 20.9. The number of benzene rings is 3. The van der Waals surface area contributed by atoms with Gasteiger partial charge in [-0.3, -0.25) is 10.2 Å². The fourth-order valence-electron chi connectivity index (χ4n) is 5.27. The van der Waals surface area contributed by atoms with Crippen molar-refractivity contribution in [2.45, 2.75) is 25.3 Å². The number of aromatic nitrogens is 4. The van der Waals surface area contributed by atoms with Crippen molar-refractivity contribution in [3.05, 3.63) is 77.4 Å². The summed E-state index contributed by atoms with van der Waals surface area (Å²) in [6.07, 6.45) is 2.72. The van der Waals surface area contributed by atoms with Gasteiger partial charge in [0.1, 0.15) is 11.6 Å². The summed E-state index contributed by atoms with van der Waals surface area (Å²) in [5, 5.41) is 20.4. The van der Waals surface area contributed by atoms with E-state index in [1.165, 1.54) is 17.8 Å². The molecular formula is C28H29F2N7. The average molecular weight is 502 g/mol. The van der Waals surface area contributed by atoms with Crippen LogP contribution in [0.1, 0.15) is 24.0 Å². The predicted molar refractivity (Wildman–Crippen MR) is 144 cm³/mol. The fourth-order valence-corrected chi connectivity index (χ4v) is 5.27. The van der Waals surface area contributed by atoms with Crippen molar-refractivity contribution in [3.8, 4) is 0 Å². The highest BCUT2D eigenvalue weighted by atomic mass is 19.1. The first kappa shape index (κ1) is 23.4. The molecule has 0 radical (unpaired) electrons. The molecule has 1 aliphatic heterocycles. The predicted octanol–water partition coefficient (Wildman–Crippen LogP) is 5.58. The summed E-state index contributed by atoms with van der Waals surface area (Å²) in [7, 11) is 4.31. The van der Waals surface area contributed by atoms with Crippen LogP contribution >= 0.6 is 0 Å². The number of piperidine rings is 1. The number of hydrogen-bond donors (Lipinski definition) is 3. The van der Waals surface area contributed by atoms with Crippen molar-refractivity contribution in [3.63, 3.8) is 0 Å². The van der Waals surface area contributed by atoms with Gasteiger partial charge < -0.3 is 15.1 Å². The molecule has 37 heavy (non-hydrogen) atoms. The van der Waals surface area contributed by atoms with Gasteiger partial charge in [-0.1, -0.05) is 6.07 Å². The van der Waals surface area contributed by atoms with E-state index in [4.69, 9.17) is 0 Å². The number of fused-ring (bicyclic) bond motifs is 2. The molecule has 0 bridgehead atoms.